The van der Waals surface area contributed by atoms with E-state index in [0.29, 0.717) is 24.1 Å². The monoisotopic (exact) mass is 227 g/mol. The van der Waals surface area contributed by atoms with Crippen LogP contribution in [0.25, 0.3) is 0 Å². The third-order valence-electron chi connectivity index (χ3n) is 3.57. The summed E-state index contributed by atoms with van der Waals surface area (Å²) < 4.78 is 5.79. The zero-order chi connectivity index (χ0) is 12.0. The summed E-state index contributed by atoms with van der Waals surface area (Å²) in [5.74, 6) is 0.649. The van der Waals surface area contributed by atoms with Gasteiger partial charge in [0.2, 0.25) is 0 Å². The first-order valence-corrected chi connectivity index (χ1v) is 7.01. The lowest BCUT2D eigenvalue weighted by Crippen LogP contribution is -2.44. The fourth-order valence-corrected chi connectivity index (χ4v) is 2.44. The van der Waals surface area contributed by atoms with E-state index in [-0.39, 0.29) is 0 Å². The molecule has 2 heteroatoms. The first-order chi connectivity index (χ1) is 7.63. The molecule has 0 aliphatic carbocycles. The molecule has 1 heterocycles. The van der Waals surface area contributed by atoms with E-state index in [1.165, 1.54) is 32.1 Å². The topological polar surface area (TPSA) is 21.3 Å². The molecule has 0 amide bonds. The van der Waals surface area contributed by atoms with Crippen LogP contribution in [0.5, 0.6) is 0 Å². The minimum atomic E-state index is 0.463. The van der Waals surface area contributed by atoms with Crippen LogP contribution in [0.15, 0.2) is 0 Å². The van der Waals surface area contributed by atoms with Gasteiger partial charge in [-0.1, -0.05) is 33.6 Å². The van der Waals surface area contributed by atoms with Gasteiger partial charge < -0.3 is 10.1 Å². The third-order valence-corrected chi connectivity index (χ3v) is 3.57. The second kappa shape index (κ2) is 7.29. The van der Waals surface area contributed by atoms with Crippen molar-refractivity contribution in [2.75, 3.05) is 6.61 Å². The summed E-state index contributed by atoms with van der Waals surface area (Å²) in [6.45, 7) is 10.0. The summed E-state index contributed by atoms with van der Waals surface area (Å²) in [6, 6.07) is 1.34. The van der Waals surface area contributed by atoms with E-state index in [0.717, 1.165) is 6.61 Å². The molecule has 2 nitrogen and oxygen atoms in total. The highest BCUT2D eigenvalue weighted by Crippen LogP contribution is 2.20. The molecule has 3 unspecified atom stereocenters. The highest BCUT2D eigenvalue weighted by Gasteiger charge is 2.25. The first-order valence-electron chi connectivity index (χ1n) is 7.01. The number of ether oxygens (including phenoxy) is 1. The SMILES string of the molecule is CCCCC(C)NC1CCOC(C(C)C)C1. The van der Waals surface area contributed by atoms with Crippen LogP contribution in [0.1, 0.15) is 59.8 Å². The smallest absolute Gasteiger partial charge is 0.0612 e. The number of unbranched alkanes of at least 4 members (excludes halogenated alkanes) is 1. The Morgan fingerprint density at radius 1 is 1.31 bits per heavy atom. The Labute approximate surface area is 101 Å². The van der Waals surface area contributed by atoms with Gasteiger partial charge in [-0.3, -0.25) is 0 Å². The zero-order valence-corrected chi connectivity index (χ0v) is 11.5. The van der Waals surface area contributed by atoms with Crippen molar-refractivity contribution in [2.45, 2.75) is 78.0 Å². The van der Waals surface area contributed by atoms with E-state index in [2.05, 4.69) is 33.0 Å². The normalized spacial score (nSPS) is 28.3. The van der Waals surface area contributed by atoms with E-state index in [1.807, 2.05) is 0 Å². The van der Waals surface area contributed by atoms with Crippen molar-refractivity contribution in [2.24, 2.45) is 5.92 Å². The van der Waals surface area contributed by atoms with Crippen molar-refractivity contribution in [1.29, 1.82) is 0 Å². The molecule has 1 aliphatic heterocycles. The molecule has 1 aliphatic rings. The molecule has 0 aromatic heterocycles. The molecule has 0 radical (unpaired) electrons. The lowest BCUT2D eigenvalue weighted by molar-refractivity contribution is -0.0257. The number of hydrogen-bond acceptors (Lipinski definition) is 2. The highest BCUT2D eigenvalue weighted by atomic mass is 16.5. The predicted molar refractivity (Wildman–Crippen MR) is 69.7 cm³/mol. The van der Waals surface area contributed by atoms with Gasteiger partial charge in [-0.25, -0.2) is 0 Å². The molecule has 3 atom stereocenters. The summed E-state index contributed by atoms with van der Waals surface area (Å²) in [5.41, 5.74) is 0. The van der Waals surface area contributed by atoms with Crippen LogP contribution in [0, 0.1) is 5.92 Å². The third kappa shape index (κ3) is 4.84. The summed E-state index contributed by atoms with van der Waals surface area (Å²) >= 11 is 0. The van der Waals surface area contributed by atoms with E-state index >= 15 is 0 Å². The summed E-state index contributed by atoms with van der Waals surface area (Å²) in [7, 11) is 0. The molecule has 0 saturated carbocycles. The van der Waals surface area contributed by atoms with Gasteiger partial charge in [-0.2, -0.15) is 0 Å². The van der Waals surface area contributed by atoms with Crippen LogP contribution in [0.4, 0.5) is 0 Å². The molecular formula is C14H29NO. The number of nitrogens with one attached hydrogen (secondary N) is 1. The van der Waals surface area contributed by atoms with E-state index < -0.39 is 0 Å². The maximum atomic E-state index is 5.79. The van der Waals surface area contributed by atoms with Crippen molar-refractivity contribution >= 4 is 0 Å². The maximum Gasteiger partial charge on any atom is 0.0612 e. The zero-order valence-electron chi connectivity index (χ0n) is 11.5. The average molecular weight is 227 g/mol. The molecule has 16 heavy (non-hydrogen) atoms. The maximum absolute atomic E-state index is 5.79. The quantitative estimate of drug-likeness (QED) is 0.751. The van der Waals surface area contributed by atoms with Gasteiger partial charge >= 0.3 is 0 Å². The Hall–Kier alpha value is -0.0800. The van der Waals surface area contributed by atoms with Crippen molar-refractivity contribution in [1.82, 2.24) is 5.32 Å². The molecule has 96 valence electrons. The van der Waals surface area contributed by atoms with Gasteiger partial charge in [0.05, 0.1) is 6.10 Å². The molecule has 1 N–H and O–H groups in total. The molecule has 0 aromatic carbocycles. The first kappa shape index (κ1) is 14.0. The van der Waals surface area contributed by atoms with Crippen LogP contribution in [-0.2, 0) is 4.74 Å². The molecule has 0 spiro atoms. The van der Waals surface area contributed by atoms with Crippen molar-refractivity contribution < 1.29 is 4.74 Å². The van der Waals surface area contributed by atoms with Crippen LogP contribution >= 0.6 is 0 Å². The standard InChI is InChI=1S/C14H29NO/c1-5-6-7-12(4)15-13-8-9-16-14(10-13)11(2)3/h11-15H,5-10H2,1-4H3. The Kier molecular flexibility index (Phi) is 6.37. The Bertz CT molecular complexity index is 182. The van der Waals surface area contributed by atoms with Crippen LogP contribution in [0.2, 0.25) is 0 Å². The van der Waals surface area contributed by atoms with Gasteiger partial charge in [-0.05, 0) is 32.1 Å². The van der Waals surface area contributed by atoms with Crippen LogP contribution in [-0.4, -0.2) is 24.8 Å². The van der Waals surface area contributed by atoms with Gasteiger partial charge in [-0.15, -0.1) is 0 Å². The van der Waals surface area contributed by atoms with Crippen LogP contribution in [0.3, 0.4) is 0 Å². The summed E-state index contributed by atoms with van der Waals surface area (Å²) in [5, 5.41) is 3.76. The minimum absolute atomic E-state index is 0.463. The summed E-state index contributed by atoms with van der Waals surface area (Å²) in [4.78, 5) is 0. The van der Waals surface area contributed by atoms with Gasteiger partial charge in [0.1, 0.15) is 0 Å². The van der Waals surface area contributed by atoms with Gasteiger partial charge in [0.15, 0.2) is 0 Å². The van der Waals surface area contributed by atoms with E-state index in [9.17, 15) is 0 Å². The molecular weight excluding hydrogens is 198 g/mol. The van der Waals surface area contributed by atoms with Crippen molar-refractivity contribution in [3.63, 3.8) is 0 Å². The predicted octanol–water partition coefficient (Wildman–Crippen LogP) is 3.36. The summed E-state index contributed by atoms with van der Waals surface area (Å²) in [6.07, 6.45) is 6.78. The average Bonchev–Trinajstić information content (AvgIpc) is 2.26. The number of rotatable bonds is 6. The second-order valence-electron chi connectivity index (χ2n) is 5.58. The molecule has 1 rings (SSSR count). The minimum Gasteiger partial charge on any atom is -0.378 e. The Morgan fingerprint density at radius 3 is 2.69 bits per heavy atom. The lowest BCUT2D eigenvalue weighted by atomic mass is 9.94. The van der Waals surface area contributed by atoms with Crippen molar-refractivity contribution in [3.05, 3.63) is 0 Å². The number of hydrogen-bond donors (Lipinski definition) is 1. The van der Waals surface area contributed by atoms with Gasteiger partial charge in [0, 0.05) is 18.7 Å². The Morgan fingerprint density at radius 2 is 2.06 bits per heavy atom. The second-order valence-corrected chi connectivity index (χ2v) is 5.58. The van der Waals surface area contributed by atoms with E-state index in [4.69, 9.17) is 4.74 Å². The molecule has 0 bridgehead atoms. The largest absolute Gasteiger partial charge is 0.378 e. The molecule has 0 aromatic rings. The fourth-order valence-electron chi connectivity index (χ4n) is 2.44. The molecule has 1 fully saturated rings. The molecule has 1 saturated heterocycles. The highest BCUT2D eigenvalue weighted by molar-refractivity contribution is 4.80. The Balaban J connectivity index is 2.25. The van der Waals surface area contributed by atoms with Crippen molar-refractivity contribution in [3.8, 4) is 0 Å². The fraction of sp³-hybridized carbons (Fsp3) is 1.00. The van der Waals surface area contributed by atoms with Gasteiger partial charge in [0.25, 0.3) is 0 Å². The van der Waals surface area contributed by atoms with E-state index in [1.54, 1.807) is 0 Å². The van der Waals surface area contributed by atoms with Crippen LogP contribution < -0.4 is 5.32 Å². The lowest BCUT2D eigenvalue weighted by Gasteiger charge is -2.34.